The summed E-state index contributed by atoms with van der Waals surface area (Å²) < 4.78 is 0. The normalized spacial score (nSPS) is 28.5. The van der Waals surface area contributed by atoms with E-state index < -0.39 is 0 Å². The molecule has 3 atom stereocenters. The van der Waals surface area contributed by atoms with Crippen LogP contribution in [-0.4, -0.2) is 29.9 Å². The summed E-state index contributed by atoms with van der Waals surface area (Å²) in [5.74, 6) is 2.15. The minimum absolute atomic E-state index is 0.366. The predicted octanol–water partition coefficient (Wildman–Crippen LogP) is 2.79. The Bertz CT molecular complexity index is 303. The molecule has 1 amide bonds. The van der Waals surface area contributed by atoms with Crippen LogP contribution >= 0.6 is 0 Å². The molecule has 2 rings (SSSR count). The van der Waals surface area contributed by atoms with Crippen LogP contribution in [0.5, 0.6) is 0 Å². The van der Waals surface area contributed by atoms with Gasteiger partial charge in [-0.3, -0.25) is 4.79 Å². The largest absolute Gasteiger partial charge is 0.339 e. The second-order valence-corrected chi connectivity index (χ2v) is 6.92. The molecule has 0 aromatic rings. The monoisotopic (exact) mass is 266 g/mol. The molecule has 0 radical (unpaired) electrons. The van der Waals surface area contributed by atoms with Crippen LogP contribution in [0.25, 0.3) is 0 Å². The first-order valence-corrected chi connectivity index (χ1v) is 8.11. The average molecular weight is 266 g/mol. The zero-order valence-corrected chi connectivity index (χ0v) is 12.6. The molecule has 3 unspecified atom stereocenters. The number of carbonyl (C=O) groups is 1. The van der Waals surface area contributed by atoms with E-state index in [1.807, 2.05) is 0 Å². The first-order chi connectivity index (χ1) is 9.11. The first kappa shape index (κ1) is 14.8. The Kier molecular flexibility index (Phi) is 5.26. The van der Waals surface area contributed by atoms with Gasteiger partial charge in [0.1, 0.15) is 0 Å². The zero-order chi connectivity index (χ0) is 13.8. The highest BCUT2D eigenvalue weighted by atomic mass is 16.2. The fourth-order valence-corrected chi connectivity index (χ4v) is 4.01. The molecule has 0 spiro atoms. The number of fused-ring (bicyclic) bond motifs is 1. The molecule has 110 valence electrons. The van der Waals surface area contributed by atoms with Gasteiger partial charge in [-0.15, -0.1) is 0 Å². The molecule has 0 bridgehead atoms. The molecule has 0 aromatic heterocycles. The standard InChI is InChI=1S/C16H30N2O/c1-12(2)9-13(11-17)10-16(19)18-8-7-14-5-3-4-6-15(14)18/h12-15H,3-11,17H2,1-2H3. The Morgan fingerprint density at radius 3 is 2.68 bits per heavy atom. The van der Waals surface area contributed by atoms with Crippen LogP contribution in [0.1, 0.15) is 58.8 Å². The average Bonchev–Trinajstić information content (AvgIpc) is 2.81. The molecule has 19 heavy (non-hydrogen) atoms. The summed E-state index contributed by atoms with van der Waals surface area (Å²) in [5, 5.41) is 0. The van der Waals surface area contributed by atoms with Crippen LogP contribution in [0, 0.1) is 17.8 Å². The molecular weight excluding hydrogens is 236 g/mol. The van der Waals surface area contributed by atoms with Crippen molar-refractivity contribution in [1.29, 1.82) is 0 Å². The van der Waals surface area contributed by atoms with Crippen LogP contribution < -0.4 is 5.73 Å². The van der Waals surface area contributed by atoms with Gasteiger partial charge in [-0.2, -0.15) is 0 Å². The van der Waals surface area contributed by atoms with E-state index in [0.29, 0.717) is 36.8 Å². The predicted molar refractivity (Wildman–Crippen MR) is 78.7 cm³/mol. The zero-order valence-electron chi connectivity index (χ0n) is 12.6. The molecule has 1 aliphatic carbocycles. The molecule has 2 N–H and O–H groups in total. The number of nitrogens with zero attached hydrogens (tertiary/aromatic N) is 1. The van der Waals surface area contributed by atoms with Gasteiger partial charge in [-0.25, -0.2) is 0 Å². The topological polar surface area (TPSA) is 46.3 Å². The fourth-order valence-electron chi connectivity index (χ4n) is 4.01. The molecule has 2 aliphatic rings. The molecule has 2 fully saturated rings. The molecule has 3 nitrogen and oxygen atoms in total. The van der Waals surface area contributed by atoms with E-state index in [1.54, 1.807) is 0 Å². The van der Waals surface area contributed by atoms with E-state index in [9.17, 15) is 4.79 Å². The van der Waals surface area contributed by atoms with E-state index in [4.69, 9.17) is 5.73 Å². The van der Waals surface area contributed by atoms with Crippen molar-refractivity contribution in [3.05, 3.63) is 0 Å². The summed E-state index contributed by atoms with van der Waals surface area (Å²) in [6.45, 7) is 6.05. The van der Waals surface area contributed by atoms with Crippen molar-refractivity contribution in [2.75, 3.05) is 13.1 Å². The van der Waals surface area contributed by atoms with Crippen LogP contribution in [0.15, 0.2) is 0 Å². The Labute approximate surface area is 117 Å². The number of hydrogen-bond acceptors (Lipinski definition) is 2. The minimum Gasteiger partial charge on any atom is -0.339 e. The lowest BCUT2D eigenvalue weighted by Crippen LogP contribution is -2.40. The van der Waals surface area contributed by atoms with E-state index in [2.05, 4.69) is 18.7 Å². The summed E-state index contributed by atoms with van der Waals surface area (Å²) in [6.07, 6.45) is 8.20. The van der Waals surface area contributed by atoms with Crippen molar-refractivity contribution in [2.45, 2.75) is 64.8 Å². The third-order valence-corrected chi connectivity index (χ3v) is 4.93. The molecular formula is C16H30N2O. The summed E-state index contributed by atoms with van der Waals surface area (Å²) in [5.41, 5.74) is 5.83. The van der Waals surface area contributed by atoms with Gasteiger partial charge in [-0.1, -0.05) is 26.7 Å². The second-order valence-electron chi connectivity index (χ2n) is 6.92. The second kappa shape index (κ2) is 6.74. The third-order valence-electron chi connectivity index (χ3n) is 4.93. The highest BCUT2D eigenvalue weighted by molar-refractivity contribution is 5.77. The summed E-state index contributed by atoms with van der Waals surface area (Å²) in [6, 6.07) is 0.554. The van der Waals surface area contributed by atoms with Gasteiger partial charge in [0.15, 0.2) is 0 Å². The highest BCUT2D eigenvalue weighted by Gasteiger charge is 2.38. The SMILES string of the molecule is CC(C)CC(CN)CC(=O)N1CCC2CCCCC21. The summed E-state index contributed by atoms with van der Waals surface area (Å²) in [7, 11) is 0. The number of carbonyl (C=O) groups excluding carboxylic acids is 1. The third kappa shape index (κ3) is 3.71. The van der Waals surface area contributed by atoms with E-state index in [0.717, 1.165) is 18.9 Å². The maximum atomic E-state index is 12.5. The molecule has 3 heteroatoms. The van der Waals surface area contributed by atoms with E-state index >= 15 is 0 Å². The maximum absolute atomic E-state index is 12.5. The number of hydrogen-bond donors (Lipinski definition) is 1. The molecule has 1 heterocycles. The number of amides is 1. The molecule has 1 saturated heterocycles. The van der Waals surface area contributed by atoms with Crippen molar-refractivity contribution in [3.63, 3.8) is 0 Å². The van der Waals surface area contributed by atoms with Crippen molar-refractivity contribution in [3.8, 4) is 0 Å². The molecule has 0 aromatic carbocycles. The number of likely N-dealkylation sites (tertiary alicyclic amines) is 1. The first-order valence-electron chi connectivity index (χ1n) is 8.11. The highest BCUT2D eigenvalue weighted by Crippen LogP contribution is 2.36. The lowest BCUT2D eigenvalue weighted by Gasteiger charge is -2.32. The van der Waals surface area contributed by atoms with Gasteiger partial charge in [0.25, 0.3) is 0 Å². The Balaban J connectivity index is 1.88. The van der Waals surface area contributed by atoms with Crippen molar-refractivity contribution in [2.24, 2.45) is 23.5 Å². The van der Waals surface area contributed by atoms with Gasteiger partial charge in [-0.05, 0) is 50.0 Å². The van der Waals surface area contributed by atoms with Gasteiger partial charge in [0.05, 0.1) is 0 Å². The summed E-state index contributed by atoms with van der Waals surface area (Å²) in [4.78, 5) is 14.7. The maximum Gasteiger partial charge on any atom is 0.223 e. The quantitative estimate of drug-likeness (QED) is 0.831. The van der Waals surface area contributed by atoms with E-state index in [1.165, 1.54) is 32.1 Å². The number of rotatable bonds is 5. The minimum atomic E-state index is 0.366. The van der Waals surface area contributed by atoms with Crippen LogP contribution in [-0.2, 0) is 4.79 Å². The smallest absolute Gasteiger partial charge is 0.223 e. The Morgan fingerprint density at radius 2 is 2.00 bits per heavy atom. The Hall–Kier alpha value is -0.570. The number of nitrogens with two attached hydrogens (primary N) is 1. The van der Waals surface area contributed by atoms with Gasteiger partial charge in [0.2, 0.25) is 5.91 Å². The summed E-state index contributed by atoms with van der Waals surface area (Å²) >= 11 is 0. The van der Waals surface area contributed by atoms with E-state index in [-0.39, 0.29) is 0 Å². The van der Waals surface area contributed by atoms with Crippen LogP contribution in [0.2, 0.25) is 0 Å². The van der Waals surface area contributed by atoms with Crippen LogP contribution in [0.3, 0.4) is 0 Å². The fraction of sp³-hybridized carbons (Fsp3) is 0.938. The van der Waals surface area contributed by atoms with Crippen molar-refractivity contribution in [1.82, 2.24) is 4.90 Å². The molecule has 1 aliphatic heterocycles. The lowest BCUT2D eigenvalue weighted by molar-refractivity contribution is -0.133. The van der Waals surface area contributed by atoms with Crippen molar-refractivity contribution < 1.29 is 4.79 Å². The molecule has 1 saturated carbocycles. The Morgan fingerprint density at radius 1 is 1.26 bits per heavy atom. The lowest BCUT2D eigenvalue weighted by atomic mass is 9.85. The van der Waals surface area contributed by atoms with Gasteiger partial charge >= 0.3 is 0 Å². The van der Waals surface area contributed by atoms with Crippen LogP contribution in [0.4, 0.5) is 0 Å². The van der Waals surface area contributed by atoms with Gasteiger partial charge in [0, 0.05) is 19.0 Å². The van der Waals surface area contributed by atoms with Crippen molar-refractivity contribution >= 4 is 5.91 Å². The van der Waals surface area contributed by atoms with Gasteiger partial charge < -0.3 is 10.6 Å².